The lowest BCUT2D eigenvalue weighted by Crippen LogP contribution is -2.45. The van der Waals surface area contributed by atoms with Crippen molar-refractivity contribution in [2.75, 3.05) is 19.6 Å². The van der Waals surface area contributed by atoms with Crippen LogP contribution in [0.25, 0.3) is 0 Å². The minimum absolute atomic E-state index is 0.0593. The minimum atomic E-state index is 0.0593. The number of thiophene rings is 1. The fraction of sp³-hybridized carbons (Fsp3) is 0.643. The summed E-state index contributed by atoms with van der Waals surface area (Å²) >= 11 is 3.86. The SMILES string of the molecule is CC(C)C(CNC(=O)c1csc(I)c1)N1CCCC1. The molecule has 1 saturated heterocycles. The van der Waals surface area contributed by atoms with Gasteiger partial charge in [0, 0.05) is 18.0 Å². The second-order valence-electron chi connectivity index (χ2n) is 5.40. The summed E-state index contributed by atoms with van der Waals surface area (Å²) in [6, 6.07) is 2.41. The summed E-state index contributed by atoms with van der Waals surface area (Å²) < 4.78 is 1.16. The fourth-order valence-corrected chi connectivity index (χ4v) is 3.91. The van der Waals surface area contributed by atoms with Crippen LogP contribution in [0.2, 0.25) is 0 Å². The van der Waals surface area contributed by atoms with Crippen LogP contribution in [0.1, 0.15) is 37.0 Å². The highest BCUT2D eigenvalue weighted by atomic mass is 127. The molecule has 0 spiro atoms. The van der Waals surface area contributed by atoms with Gasteiger partial charge >= 0.3 is 0 Å². The predicted octanol–water partition coefficient (Wildman–Crippen LogP) is 3.20. The van der Waals surface area contributed by atoms with Crippen molar-refractivity contribution in [1.29, 1.82) is 0 Å². The van der Waals surface area contributed by atoms with Gasteiger partial charge in [0.15, 0.2) is 0 Å². The lowest BCUT2D eigenvalue weighted by molar-refractivity contribution is 0.0927. The van der Waals surface area contributed by atoms with Gasteiger partial charge in [-0.1, -0.05) is 13.8 Å². The first-order valence-corrected chi connectivity index (χ1v) is 8.80. The number of nitrogens with zero attached hydrogens (tertiary/aromatic N) is 1. The summed E-state index contributed by atoms with van der Waals surface area (Å²) in [6.45, 7) is 7.58. The van der Waals surface area contributed by atoms with Gasteiger partial charge in [0.1, 0.15) is 0 Å². The number of likely N-dealkylation sites (tertiary alicyclic amines) is 1. The molecule has 0 bridgehead atoms. The molecule has 1 aromatic rings. The van der Waals surface area contributed by atoms with E-state index in [2.05, 4.69) is 46.7 Å². The third kappa shape index (κ3) is 4.16. The molecule has 3 nitrogen and oxygen atoms in total. The number of hydrogen-bond donors (Lipinski definition) is 1. The predicted molar refractivity (Wildman–Crippen MR) is 88.8 cm³/mol. The molecule has 2 rings (SSSR count). The topological polar surface area (TPSA) is 32.3 Å². The number of carbonyl (C=O) groups excluding carboxylic acids is 1. The third-order valence-electron chi connectivity index (χ3n) is 3.68. The molecule has 1 aliphatic heterocycles. The molecule has 1 unspecified atom stereocenters. The van der Waals surface area contributed by atoms with E-state index in [-0.39, 0.29) is 5.91 Å². The largest absolute Gasteiger partial charge is 0.350 e. The van der Waals surface area contributed by atoms with Crippen LogP contribution in [-0.2, 0) is 0 Å². The van der Waals surface area contributed by atoms with Crippen molar-refractivity contribution in [2.24, 2.45) is 5.92 Å². The Kier molecular flexibility index (Phi) is 5.65. The zero-order chi connectivity index (χ0) is 13.8. The number of rotatable bonds is 5. The van der Waals surface area contributed by atoms with Crippen LogP contribution in [0.4, 0.5) is 0 Å². The monoisotopic (exact) mass is 392 g/mol. The number of nitrogens with one attached hydrogen (secondary N) is 1. The van der Waals surface area contributed by atoms with Crippen molar-refractivity contribution < 1.29 is 4.79 Å². The summed E-state index contributed by atoms with van der Waals surface area (Å²) in [4.78, 5) is 14.6. The molecule has 0 aliphatic carbocycles. The third-order valence-corrected chi connectivity index (χ3v) is 5.47. The maximum Gasteiger partial charge on any atom is 0.252 e. The van der Waals surface area contributed by atoms with Crippen molar-refractivity contribution >= 4 is 39.8 Å². The first kappa shape index (κ1) is 15.3. The Labute approximate surface area is 132 Å². The number of carbonyl (C=O) groups is 1. The Bertz CT molecular complexity index is 427. The Balaban J connectivity index is 1.89. The van der Waals surface area contributed by atoms with Gasteiger partial charge in [0.25, 0.3) is 5.91 Å². The van der Waals surface area contributed by atoms with Gasteiger partial charge in [-0.25, -0.2) is 0 Å². The van der Waals surface area contributed by atoms with Crippen LogP contribution in [-0.4, -0.2) is 36.5 Å². The van der Waals surface area contributed by atoms with E-state index in [1.54, 1.807) is 11.3 Å². The van der Waals surface area contributed by atoms with Gasteiger partial charge in [-0.05, 0) is 60.5 Å². The summed E-state index contributed by atoms with van der Waals surface area (Å²) in [5.74, 6) is 0.630. The van der Waals surface area contributed by atoms with E-state index in [4.69, 9.17) is 0 Å². The van der Waals surface area contributed by atoms with E-state index in [0.29, 0.717) is 12.0 Å². The average Bonchev–Trinajstić information content (AvgIpc) is 3.00. The molecular weight excluding hydrogens is 371 g/mol. The van der Waals surface area contributed by atoms with Gasteiger partial charge in [-0.2, -0.15) is 0 Å². The fourth-order valence-electron chi connectivity index (χ4n) is 2.59. The second-order valence-corrected chi connectivity index (χ2v) is 8.21. The molecule has 1 aromatic heterocycles. The molecule has 1 fully saturated rings. The highest BCUT2D eigenvalue weighted by Crippen LogP contribution is 2.18. The first-order valence-electron chi connectivity index (χ1n) is 6.84. The summed E-state index contributed by atoms with van der Waals surface area (Å²) in [6.07, 6.45) is 2.58. The van der Waals surface area contributed by atoms with Gasteiger partial charge in [0.05, 0.1) is 8.45 Å². The maximum atomic E-state index is 12.1. The van der Waals surface area contributed by atoms with Crippen LogP contribution >= 0.6 is 33.9 Å². The quantitative estimate of drug-likeness (QED) is 0.781. The Morgan fingerprint density at radius 2 is 2.16 bits per heavy atom. The molecule has 0 radical (unpaired) electrons. The standard InChI is InChI=1S/C14H21IN2OS/c1-10(2)12(17-5-3-4-6-17)8-16-14(18)11-7-13(15)19-9-11/h7,9-10,12H,3-6,8H2,1-2H3,(H,16,18). The smallest absolute Gasteiger partial charge is 0.252 e. The van der Waals surface area contributed by atoms with Crippen LogP contribution in [0.3, 0.4) is 0 Å². The van der Waals surface area contributed by atoms with Crippen LogP contribution in [0.5, 0.6) is 0 Å². The van der Waals surface area contributed by atoms with Crippen LogP contribution in [0, 0.1) is 8.80 Å². The zero-order valence-electron chi connectivity index (χ0n) is 11.5. The van der Waals surface area contributed by atoms with Gasteiger partial charge in [0.2, 0.25) is 0 Å². The van der Waals surface area contributed by atoms with Crippen molar-refractivity contribution in [1.82, 2.24) is 10.2 Å². The lowest BCUT2D eigenvalue weighted by Gasteiger charge is -2.30. The van der Waals surface area contributed by atoms with E-state index in [9.17, 15) is 4.79 Å². The summed E-state index contributed by atoms with van der Waals surface area (Å²) in [5.41, 5.74) is 0.790. The van der Waals surface area contributed by atoms with Gasteiger partial charge < -0.3 is 5.32 Å². The van der Waals surface area contributed by atoms with E-state index in [0.717, 1.165) is 15.0 Å². The second kappa shape index (κ2) is 7.04. The minimum Gasteiger partial charge on any atom is -0.350 e. The van der Waals surface area contributed by atoms with E-state index in [1.165, 1.54) is 25.9 Å². The number of halogens is 1. The Hall–Kier alpha value is -0.140. The Morgan fingerprint density at radius 1 is 1.47 bits per heavy atom. The van der Waals surface area contributed by atoms with Crippen molar-refractivity contribution in [3.63, 3.8) is 0 Å². The molecule has 106 valence electrons. The van der Waals surface area contributed by atoms with Crippen LogP contribution < -0.4 is 5.32 Å². The van der Waals surface area contributed by atoms with E-state index >= 15 is 0 Å². The molecule has 0 aromatic carbocycles. The molecule has 1 atom stereocenters. The number of amides is 1. The molecule has 1 aliphatic rings. The molecule has 0 saturated carbocycles. The lowest BCUT2D eigenvalue weighted by atomic mass is 10.0. The Morgan fingerprint density at radius 3 is 2.68 bits per heavy atom. The van der Waals surface area contributed by atoms with Crippen LogP contribution in [0.15, 0.2) is 11.4 Å². The summed E-state index contributed by atoms with van der Waals surface area (Å²) in [5, 5.41) is 5.02. The molecule has 1 amide bonds. The normalized spacial score (nSPS) is 17.9. The van der Waals surface area contributed by atoms with E-state index < -0.39 is 0 Å². The number of hydrogen-bond acceptors (Lipinski definition) is 3. The van der Waals surface area contributed by atoms with Crippen molar-refractivity contribution in [2.45, 2.75) is 32.7 Å². The maximum absolute atomic E-state index is 12.1. The summed E-state index contributed by atoms with van der Waals surface area (Å²) in [7, 11) is 0. The van der Waals surface area contributed by atoms with E-state index in [1.807, 2.05) is 11.4 Å². The molecule has 5 heteroatoms. The molecule has 19 heavy (non-hydrogen) atoms. The average molecular weight is 392 g/mol. The molecule has 1 N–H and O–H groups in total. The zero-order valence-corrected chi connectivity index (χ0v) is 14.5. The van der Waals surface area contributed by atoms with Gasteiger partial charge in [-0.3, -0.25) is 9.69 Å². The van der Waals surface area contributed by atoms with Crippen molar-refractivity contribution in [3.8, 4) is 0 Å². The molecular formula is C14H21IN2OS. The first-order chi connectivity index (χ1) is 9.08. The van der Waals surface area contributed by atoms with Crippen molar-refractivity contribution in [3.05, 3.63) is 19.9 Å². The van der Waals surface area contributed by atoms with Gasteiger partial charge in [-0.15, -0.1) is 11.3 Å². The highest BCUT2D eigenvalue weighted by molar-refractivity contribution is 14.1. The molecule has 2 heterocycles. The highest BCUT2D eigenvalue weighted by Gasteiger charge is 2.25.